The molecule has 1 aromatic carbocycles. The summed E-state index contributed by atoms with van der Waals surface area (Å²) < 4.78 is 1.49. The monoisotopic (exact) mass is 307 g/mol. The first kappa shape index (κ1) is 13.1. The molecule has 0 fully saturated rings. The predicted molar refractivity (Wildman–Crippen MR) is 79.2 cm³/mol. The van der Waals surface area contributed by atoms with E-state index in [0.29, 0.717) is 11.5 Å². The van der Waals surface area contributed by atoms with Crippen LogP contribution in [0, 0.1) is 0 Å². The van der Waals surface area contributed by atoms with Gasteiger partial charge in [0.05, 0.1) is 17.3 Å². The predicted octanol–water partition coefficient (Wildman–Crippen LogP) is 0.865. The lowest BCUT2D eigenvalue weighted by Crippen LogP contribution is -2.20. The maximum Gasteiger partial charge on any atom is 0.258 e. The topological polar surface area (TPSA) is 105 Å². The van der Waals surface area contributed by atoms with Gasteiger partial charge >= 0.3 is 0 Å². The van der Waals surface area contributed by atoms with Gasteiger partial charge in [0.1, 0.15) is 5.82 Å². The van der Waals surface area contributed by atoms with E-state index in [1.165, 1.54) is 22.7 Å². The zero-order valence-electron chi connectivity index (χ0n) is 11.6. The number of carbonyl (C=O) groups is 3. The Kier molecular flexibility index (Phi) is 2.70. The summed E-state index contributed by atoms with van der Waals surface area (Å²) in [7, 11) is 0. The first-order valence-electron chi connectivity index (χ1n) is 6.73. The number of rotatable bonds is 2. The van der Waals surface area contributed by atoms with Crippen LogP contribution in [-0.4, -0.2) is 32.3 Å². The number of hydrogen-bond acceptors (Lipinski definition) is 5. The van der Waals surface area contributed by atoms with Crippen molar-refractivity contribution in [1.29, 1.82) is 0 Å². The van der Waals surface area contributed by atoms with Crippen LogP contribution in [0.15, 0.2) is 42.7 Å². The number of nitrogens with one attached hydrogen (secondary N) is 2. The average Bonchev–Trinajstić information content (AvgIpc) is 3.13. The molecule has 2 N–H and O–H groups in total. The second-order valence-corrected chi connectivity index (χ2v) is 4.93. The van der Waals surface area contributed by atoms with Gasteiger partial charge in [0.2, 0.25) is 0 Å². The molecule has 2 aromatic heterocycles. The molecule has 1 aliphatic heterocycles. The third-order valence-corrected chi connectivity index (χ3v) is 3.53. The first-order chi connectivity index (χ1) is 11.1. The van der Waals surface area contributed by atoms with Crippen LogP contribution in [0.3, 0.4) is 0 Å². The van der Waals surface area contributed by atoms with E-state index in [2.05, 4.69) is 20.7 Å². The normalized spacial score (nSPS) is 13.0. The van der Waals surface area contributed by atoms with Gasteiger partial charge in [0.25, 0.3) is 17.7 Å². The molecule has 1 aliphatic rings. The first-order valence-corrected chi connectivity index (χ1v) is 6.73. The van der Waals surface area contributed by atoms with E-state index in [-0.39, 0.29) is 16.7 Å². The molecular weight excluding hydrogens is 298 g/mol. The van der Waals surface area contributed by atoms with Crippen LogP contribution >= 0.6 is 0 Å². The fraction of sp³-hybridized carbons (Fsp3) is 0. The highest BCUT2D eigenvalue weighted by atomic mass is 16.2. The van der Waals surface area contributed by atoms with E-state index in [1.54, 1.807) is 24.5 Å². The SMILES string of the molecule is O=C(Nc1ccnc2ccnn12)c1ccc2c(c1)C(=O)NC2=O. The highest BCUT2D eigenvalue weighted by Crippen LogP contribution is 2.18. The molecule has 112 valence electrons. The van der Waals surface area contributed by atoms with Crippen LogP contribution in [0.2, 0.25) is 0 Å². The van der Waals surface area contributed by atoms with Crippen LogP contribution in [-0.2, 0) is 0 Å². The smallest absolute Gasteiger partial charge is 0.258 e. The summed E-state index contributed by atoms with van der Waals surface area (Å²) in [4.78, 5) is 39.7. The van der Waals surface area contributed by atoms with Crippen molar-refractivity contribution >= 4 is 29.2 Å². The van der Waals surface area contributed by atoms with Gasteiger partial charge in [-0.25, -0.2) is 4.98 Å². The second kappa shape index (κ2) is 4.73. The molecule has 23 heavy (non-hydrogen) atoms. The Balaban J connectivity index is 1.68. The molecule has 0 spiro atoms. The van der Waals surface area contributed by atoms with Crippen molar-refractivity contribution in [2.75, 3.05) is 5.32 Å². The summed E-state index contributed by atoms with van der Waals surface area (Å²) in [6.45, 7) is 0. The van der Waals surface area contributed by atoms with Gasteiger partial charge in [-0.05, 0) is 24.3 Å². The van der Waals surface area contributed by atoms with Crippen LogP contribution in [0.1, 0.15) is 31.1 Å². The number of carbonyl (C=O) groups excluding carboxylic acids is 3. The molecule has 0 radical (unpaired) electrons. The van der Waals surface area contributed by atoms with E-state index in [4.69, 9.17) is 0 Å². The lowest BCUT2D eigenvalue weighted by Gasteiger charge is -2.07. The highest BCUT2D eigenvalue weighted by Gasteiger charge is 2.27. The van der Waals surface area contributed by atoms with Crippen molar-refractivity contribution in [3.63, 3.8) is 0 Å². The molecule has 8 nitrogen and oxygen atoms in total. The van der Waals surface area contributed by atoms with Gasteiger partial charge in [-0.2, -0.15) is 9.61 Å². The maximum absolute atomic E-state index is 12.4. The zero-order valence-corrected chi connectivity index (χ0v) is 11.6. The van der Waals surface area contributed by atoms with E-state index in [9.17, 15) is 14.4 Å². The van der Waals surface area contributed by atoms with Crippen molar-refractivity contribution in [3.8, 4) is 0 Å². The number of imide groups is 1. The minimum absolute atomic E-state index is 0.196. The fourth-order valence-electron chi connectivity index (χ4n) is 2.43. The maximum atomic E-state index is 12.4. The Labute approximate surface area is 129 Å². The summed E-state index contributed by atoms with van der Waals surface area (Å²) in [5.74, 6) is -0.920. The molecular formula is C15H9N5O3. The minimum Gasteiger partial charge on any atom is -0.306 e. The summed E-state index contributed by atoms with van der Waals surface area (Å²) in [6.07, 6.45) is 3.13. The number of nitrogens with zero attached hydrogens (tertiary/aromatic N) is 3. The largest absolute Gasteiger partial charge is 0.306 e. The number of anilines is 1. The molecule has 0 unspecified atom stereocenters. The molecule has 3 aromatic rings. The van der Waals surface area contributed by atoms with E-state index in [0.717, 1.165) is 0 Å². The quantitative estimate of drug-likeness (QED) is 0.683. The van der Waals surface area contributed by atoms with Crippen LogP contribution in [0.4, 0.5) is 5.82 Å². The van der Waals surface area contributed by atoms with Crippen LogP contribution in [0.25, 0.3) is 5.65 Å². The van der Waals surface area contributed by atoms with Crippen LogP contribution in [0.5, 0.6) is 0 Å². The van der Waals surface area contributed by atoms with E-state index >= 15 is 0 Å². The van der Waals surface area contributed by atoms with Crippen molar-refractivity contribution < 1.29 is 14.4 Å². The van der Waals surface area contributed by atoms with Gasteiger partial charge < -0.3 is 5.32 Å². The van der Waals surface area contributed by atoms with E-state index < -0.39 is 17.7 Å². The summed E-state index contributed by atoms with van der Waals surface area (Å²) >= 11 is 0. The van der Waals surface area contributed by atoms with Crippen molar-refractivity contribution in [2.24, 2.45) is 0 Å². The summed E-state index contributed by atoms with van der Waals surface area (Å²) in [5.41, 5.74) is 1.33. The van der Waals surface area contributed by atoms with Crippen LogP contribution < -0.4 is 10.6 Å². The molecule has 0 saturated heterocycles. The standard InChI is InChI=1S/C15H9N5O3/c21-13(18-12-3-5-16-11-4-6-17-20(11)12)8-1-2-9-10(7-8)15(23)19-14(9)22/h1-7H,(H,18,21)(H,19,22,23). The minimum atomic E-state index is -0.502. The zero-order chi connectivity index (χ0) is 16.0. The Morgan fingerprint density at radius 1 is 1.04 bits per heavy atom. The third kappa shape index (κ3) is 2.04. The summed E-state index contributed by atoms with van der Waals surface area (Å²) in [5, 5.41) is 8.97. The number of hydrogen-bond donors (Lipinski definition) is 2. The second-order valence-electron chi connectivity index (χ2n) is 4.93. The molecule has 3 amide bonds. The van der Waals surface area contributed by atoms with Crippen molar-refractivity contribution in [1.82, 2.24) is 19.9 Å². The molecule has 0 aliphatic carbocycles. The van der Waals surface area contributed by atoms with Gasteiger partial charge in [-0.15, -0.1) is 0 Å². The molecule has 8 heteroatoms. The Morgan fingerprint density at radius 2 is 1.87 bits per heavy atom. The van der Waals surface area contributed by atoms with Gasteiger partial charge in [-0.3, -0.25) is 19.7 Å². The number of amides is 3. The van der Waals surface area contributed by atoms with E-state index in [1.807, 2.05) is 0 Å². The molecule has 4 rings (SSSR count). The van der Waals surface area contributed by atoms with Gasteiger partial charge in [-0.1, -0.05) is 0 Å². The van der Waals surface area contributed by atoms with Crippen molar-refractivity contribution in [3.05, 3.63) is 59.4 Å². The number of aromatic nitrogens is 3. The third-order valence-electron chi connectivity index (χ3n) is 3.53. The molecule has 0 bridgehead atoms. The lowest BCUT2D eigenvalue weighted by molar-refractivity contribution is 0.0879. The number of benzene rings is 1. The molecule has 3 heterocycles. The fourth-order valence-corrected chi connectivity index (χ4v) is 2.43. The lowest BCUT2D eigenvalue weighted by atomic mass is 10.1. The Hall–Kier alpha value is -3.55. The van der Waals surface area contributed by atoms with Gasteiger partial charge in [0, 0.05) is 17.8 Å². The highest BCUT2D eigenvalue weighted by molar-refractivity contribution is 6.22. The molecule has 0 atom stereocenters. The number of fused-ring (bicyclic) bond motifs is 2. The molecule has 0 saturated carbocycles. The Morgan fingerprint density at radius 3 is 2.74 bits per heavy atom. The summed E-state index contributed by atoms with van der Waals surface area (Å²) in [6, 6.07) is 7.67. The van der Waals surface area contributed by atoms with Crippen molar-refractivity contribution in [2.45, 2.75) is 0 Å². The van der Waals surface area contributed by atoms with Gasteiger partial charge in [0.15, 0.2) is 5.65 Å². The average molecular weight is 307 g/mol. The Bertz CT molecular complexity index is 992.